The largest absolute Gasteiger partial charge is 0.481 e. The second kappa shape index (κ2) is 4.41. The summed E-state index contributed by atoms with van der Waals surface area (Å²) in [5, 5.41) is 10.6. The Kier molecular flexibility index (Phi) is 2.85. The van der Waals surface area contributed by atoms with E-state index >= 15 is 0 Å². The third-order valence-corrected chi connectivity index (χ3v) is 4.10. The zero-order valence-corrected chi connectivity index (χ0v) is 11.4. The van der Waals surface area contributed by atoms with Crippen molar-refractivity contribution < 1.29 is 9.90 Å². The molecule has 0 saturated heterocycles. The van der Waals surface area contributed by atoms with Crippen molar-refractivity contribution in [2.24, 2.45) is 5.92 Å². The molecule has 1 N–H and O–H groups in total. The van der Waals surface area contributed by atoms with Gasteiger partial charge in [0, 0.05) is 18.1 Å². The van der Waals surface area contributed by atoms with Crippen molar-refractivity contribution in [2.45, 2.75) is 39.2 Å². The number of nitrogens with zero attached hydrogens (tertiary/aromatic N) is 1. The number of carbonyl (C=O) groups is 1. The Balaban J connectivity index is 2.18. The minimum atomic E-state index is -0.725. The number of hydrogen-bond donors (Lipinski definition) is 1. The maximum atomic E-state index is 11.5. The molecular weight excluding hydrogens is 238 g/mol. The summed E-state index contributed by atoms with van der Waals surface area (Å²) in [6.07, 6.45) is 4.31. The number of benzene rings is 1. The lowest BCUT2D eigenvalue weighted by Gasteiger charge is -2.21. The van der Waals surface area contributed by atoms with Crippen molar-refractivity contribution in [1.82, 2.24) is 4.57 Å². The molecule has 3 heteroatoms. The SMILES string of the molecule is CC(C)C(C(=O)O)c1cc2c3c(ccn3CCC2)c1. The summed E-state index contributed by atoms with van der Waals surface area (Å²) in [4.78, 5) is 11.5. The van der Waals surface area contributed by atoms with Crippen LogP contribution >= 0.6 is 0 Å². The Morgan fingerprint density at radius 3 is 2.84 bits per heavy atom. The Morgan fingerprint density at radius 2 is 2.16 bits per heavy atom. The molecule has 3 rings (SSSR count). The van der Waals surface area contributed by atoms with E-state index in [0.717, 1.165) is 24.9 Å². The maximum Gasteiger partial charge on any atom is 0.311 e. The molecule has 3 nitrogen and oxygen atoms in total. The zero-order chi connectivity index (χ0) is 13.6. The smallest absolute Gasteiger partial charge is 0.311 e. The predicted octanol–water partition coefficient (Wildman–Crippen LogP) is 3.41. The van der Waals surface area contributed by atoms with Gasteiger partial charge in [-0.15, -0.1) is 0 Å². The van der Waals surface area contributed by atoms with Crippen molar-refractivity contribution in [1.29, 1.82) is 0 Å². The average molecular weight is 257 g/mol. The van der Waals surface area contributed by atoms with Gasteiger partial charge in [-0.1, -0.05) is 19.9 Å². The molecule has 0 saturated carbocycles. The van der Waals surface area contributed by atoms with Gasteiger partial charge in [0.05, 0.1) is 11.4 Å². The van der Waals surface area contributed by atoms with Crippen molar-refractivity contribution in [2.75, 3.05) is 0 Å². The van der Waals surface area contributed by atoms with Gasteiger partial charge in [0.1, 0.15) is 0 Å². The van der Waals surface area contributed by atoms with Crippen LogP contribution in [0.3, 0.4) is 0 Å². The van der Waals surface area contributed by atoms with Crippen LogP contribution in [0.5, 0.6) is 0 Å². The van der Waals surface area contributed by atoms with Gasteiger partial charge in [-0.2, -0.15) is 0 Å². The van der Waals surface area contributed by atoms with Gasteiger partial charge in [0.25, 0.3) is 0 Å². The number of carboxylic acids is 1. The first-order valence-corrected chi connectivity index (χ1v) is 6.92. The van der Waals surface area contributed by atoms with Gasteiger partial charge in [-0.25, -0.2) is 0 Å². The highest BCUT2D eigenvalue weighted by Gasteiger charge is 2.25. The first kappa shape index (κ1) is 12.3. The van der Waals surface area contributed by atoms with E-state index in [1.165, 1.54) is 16.5 Å². The number of aryl methyl sites for hydroxylation is 2. The van der Waals surface area contributed by atoms with E-state index in [2.05, 4.69) is 29.0 Å². The quantitative estimate of drug-likeness (QED) is 0.915. The molecule has 0 aliphatic carbocycles. The van der Waals surface area contributed by atoms with Crippen molar-refractivity contribution in [3.05, 3.63) is 35.5 Å². The van der Waals surface area contributed by atoms with Crippen LogP contribution in [0, 0.1) is 5.92 Å². The third-order valence-electron chi connectivity index (χ3n) is 4.10. The van der Waals surface area contributed by atoms with Crippen LogP contribution in [0.15, 0.2) is 24.4 Å². The van der Waals surface area contributed by atoms with Gasteiger partial charge >= 0.3 is 5.97 Å². The molecule has 2 heterocycles. The van der Waals surface area contributed by atoms with Crippen LogP contribution in [0.2, 0.25) is 0 Å². The first-order valence-electron chi connectivity index (χ1n) is 6.92. The molecule has 1 aromatic carbocycles. The molecule has 1 aromatic heterocycles. The van der Waals surface area contributed by atoms with Gasteiger partial charge in [-0.3, -0.25) is 4.79 Å². The Morgan fingerprint density at radius 1 is 1.37 bits per heavy atom. The molecule has 1 atom stereocenters. The molecule has 0 amide bonds. The zero-order valence-electron chi connectivity index (χ0n) is 11.4. The first-order chi connectivity index (χ1) is 9.08. The summed E-state index contributed by atoms with van der Waals surface area (Å²) in [5.74, 6) is -1.03. The summed E-state index contributed by atoms with van der Waals surface area (Å²) >= 11 is 0. The number of hydrogen-bond acceptors (Lipinski definition) is 1. The second-order valence-corrected chi connectivity index (χ2v) is 5.79. The van der Waals surface area contributed by atoms with E-state index < -0.39 is 11.9 Å². The monoisotopic (exact) mass is 257 g/mol. The van der Waals surface area contributed by atoms with Crippen LogP contribution in [0.25, 0.3) is 10.9 Å². The van der Waals surface area contributed by atoms with E-state index in [4.69, 9.17) is 0 Å². The number of aromatic nitrogens is 1. The fourth-order valence-electron chi connectivity index (χ4n) is 3.28. The summed E-state index contributed by atoms with van der Waals surface area (Å²) in [5.41, 5.74) is 3.54. The van der Waals surface area contributed by atoms with Crippen molar-refractivity contribution >= 4 is 16.9 Å². The minimum Gasteiger partial charge on any atom is -0.481 e. The van der Waals surface area contributed by atoms with Crippen LogP contribution in [0.4, 0.5) is 0 Å². The van der Waals surface area contributed by atoms with Crippen LogP contribution < -0.4 is 0 Å². The second-order valence-electron chi connectivity index (χ2n) is 5.79. The summed E-state index contributed by atoms with van der Waals surface area (Å²) < 4.78 is 2.28. The molecule has 1 aliphatic rings. The fraction of sp³-hybridized carbons (Fsp3) is 0.438. The van der Waals surface area contributed by atoms with E-state index in [1.807, 2.05) is 13.8 Å². The molecular formula is C16H19NO2. The van der Waals surface area contributed by atoms with E-state index in [9.17, 15) is 9.90 Å². The highest BCUT2D eigenvalue weighted by atomic mass is 16.4. The maximum absolute atomic E-state index is 11.5. The van der Waals surface area contributed by atoms with Gasteiger partial charge < -0.3 is 9.67 Å². The fourth-order valence-corrected chi connectivity index (χ4v) is 3.28. The molecule has 0 radical (unpaired) electrons. The highest BCUT2D eigenvalue weighted by Crippen LogP contribution is 2.33. The van der Waals surface area contributed by atoms with Crippen molar-refractivity contribution in [3.8, 4) is 0 Å². The van der Waals surface area contributed by atoms with E-state index in [-0.39, 0.29) is 5.92 Å². The summed E-state index contributed by atoms with van der Waals surface area (Å²) in [7, 11) is 0. The van der Waals surface area contributed by atoms with E-state index in [1.54, 1.807) is 0 Å². The van der Waals surface area contributed by atoms with Crippen molar-refractivity contribution in [3.63, 3.8) is 0 Å². The van der Waals surface area contributed by atoms with Crippen LogP contribution in [0.1, 0.15) is 37.3 Å². The van der Waals surface area contributed by atoms with Crippen LogP contribution in [-0.4, -0.2) is 15.6 Å². The van der Waals surface area contributed by atoms with Gasteiger partial charge in [0.15, 0.2) is 0 Å². The number of carboxylic acid groups (broad SMARTS) is 1. The molecule has 0 fully saturated rings. The normalized spacial score (nSPS) is 15.9. The van der Waals surface area contributed by atoms with E-state index in [0.29, 0.717) is 0 Å². The summed E-state index contributed by atoms with van der Waals surface area (Å²) in [6, 6.07) is 6.27. The topological polar surface area (TPSA) is 42.2 Å². The molecule has 0 spiro atoms. The molecule has 0 bridgehead atoms. The lowest BCUT2D eigenvalue weighted by molar-refractivity contribution is -0.139. The van der Waals surface area contributed by atoms with Crippen LogP contribution in [-0.2, 0) is 17.8 Å². The molecule has 1 unspecified atom stereocenters. The third kappa shape index (κ3) is 1.93. The average Bonchev–Trinajstić information content (AvgIpc) is 2.73. The Hall–Kier alpha value is -1.77. The molecule has 2 aromatic rings. The molecule has 19 heavy (non-hydrogen) atoms. The lowest BCUT2D eigenvalue weighted by Crippen LogP contribution is -2.18. The number of rotatable bonds is 3. The number of aliphatic carboxylic acids is 1. The standard InChI is InChI=1S/C16H19NO2/c1-10(2)14(16(18)19)13-8-11-4-3-6-17-7-5-12(9-13)15(11)17/h5,7-10,14H,3-4,6H2,1-2H3,(H,18,19). The Bertz CT molecular complexity index is 639. The molecule has 1 aliphatic heterocycles. The predicted molar refractivity (Wildman–Crippen MR) is 75.5 cm³/mol. The summed E-state index contributed by atoms with van der Waals surface area (Å²) in [6.45, 7) is 5.02. The highest BCUT2D eigenvalue weighted by molar-refractivity contribution is 5.87. The van der Waals surface area contributed by atoms with Gasteiger partial charge in [-0.05, 0) is 42.0 Å². The lowest BCUT2D eigenvalue weighted by atomic mass is 9.86. The Labute approximate surface area is 112 Å². The minimum absolute atomic E-state index is 0.104. The van der Waals surface area contributed by atoms with Gasteiger partial charge in [0.2, 0.25) is 0 Å². The molecule has 100 valence electrons.